The summed E-state index contributed by atoms with van der Waals surface area (Å²) in [4.78, 5) is 18.7. The summed E-state index contributed by atoms with van der Waals surface area (Å²) in [6.07, 6.45) is 1.28. The number of carbonyl (C=O) groups excluding carboxylic acids is 1. The van der Waals surface area contributed by atoms with Gasteiger partial charge in [-0.1, -0.05) is 0 Å². The minimum Gasteiger partial charge on any atom is -0.326 e. The van der Waals surface area contributed by atoms with E-state index >= 15 is 0 Å². The lowest BCUT2D eigenvalue weighted by Gasteiger charge is -2.20. The Bertz CT molecular complexity index is 366. The molecule has 0 fully saturated rings. The number of rotatable bonds is 4. The monoisotopic (exact) mass is 240 g/mol. The van der Waals surface area contributed by atoms with Crippen LogP contribution in [0.5, 0.6) is 0 Å². The van der Waals surface area contributed by atoms with E-state index in [1.54, 1.807) is 11.9 Å². The fourth-order valence-electron chi connectivity index (χ4n) is 1.12. The van der Waals surface area contributed by atoms with Gasteiger partial charge in [0.2, 0.25) is 5.95 Å². The summed E-state index contributed by atoms with van der Waals surface area (Å²) in [5.41, 5.74) is 0.480. The molecule has 0 radical (unpaired) electrons. The van der Waals surface area contributed by atoms with Crippen molar-refractivity contribution >= 4 is 11.7 Å². The van der Waals surface area contributed by atoms with Crippen LogP contribution in [0.25, 0.3) is 0 Å². The van der Waals surface area contributed by atoms with Gasteiger partial charge in [0.1, 0.15) is 0 Å². The highest BCUT2D eigenvalue weighted by molar-refractivity contribution is 5.88. The second-order valence-electron chi connectivity index (χ2n) is 4.02. The quantitative estimate of drug-likeness (QED) is 0.806. The summed E-state index contributed by atoms with van der Waals surface area (Å²) in [7, 11) is 5.58. The Hall–Kier alpha value is -1.69. The van der Waals surface area contributed by atoms with E-state index in [-0.39, 0.29) is 6.03 Å². The molecule has 0 aliphatic heterocycles. The molecule has 1 rings (SSSR count). The van der Waals surface area contributed by atoms with Gasteiger partial charge in [-0.05, 0) is 26.2 Å². The highest BCUT2D eigenvalue weighted by Gasteiger charge is 2.08. The second kappa shape index (κ2) is 6.15. The fourth-order valence-corrected chi connectivity index (χ4v) is 1.12. The molecule has 0 aliphatic carbocycles. The zero-order chi connectivity index (χ0) is 12.8. The average molecular weight is 240 g/mol. The number of carbonyl (C=O) groups is 1. The van der Waals surface area contributed by atoms with Crippen molar-refractivity contribution in [3.63, 3.8) is 0 Å². The van der Waals surface area contributed by atoms with Gasteiger partial charge in [-0.2, -0.15) is 4.39 Å². The maximum Gasteiger partial charge on any atom is 0.321 e. The zero-order valence-corrected chi connectivity index (χ0v) is 10.3. The van der Waals surface area contributed by atoms with E-state index in [4.69, 9.17) is 0 Å². The van der Waals surface area contributed by atoms with Gasteiger partial charge in [0.25, 0.3) is 0 Å². The molecule has 5 nitrogen and oxygen atoms in total. The Kier molecular flexibility index (Phi) is 4.84. The predicted molar refractivity (Wildman–Crippen MR) is 64.4 cm³/mol. The number of amides is 2. The molecule has 0 spiro atoms. The summed E-state index contributed by atoms with van der Waals surface area (Å²) in [5.74, 6) is -0.566. The van der Waals surface area contributed by atoms with Crippen molar-refractivity contribution in [2.24, 2.45) is 0 Å². The van der Waals surface area contributed by atoms with Crippen LogP contribution in [-0.4, -0.2) is 55.0 Å². The van der Waals surface area contributed by atoms with Gasteiger partial charge in [0.05, 0.1) is 11.9 Å². The Balaban J connectivity index is 2.45. The van der Waals surface area contributed by atoms with Gasteiger partial charge in [0, 0.05) is 20.1 Å². The molecule has 6 heteroatoms. The Labute approximate surface area is 100 Å². The molecule has 1 heterocycles. The van der Waals surface area contributed by atoms with E-state index < -0.39 is 5.95 Å². The minimum atomic E-state index is -0.566. The third-order valence-corrected chi connectivity index (χ3v) is 2.21. The van der Waals surface area contributed by atoms with Crippen molar-refractivity contribution in [2.45, 2.75) is 0 Å². The SMILES string of the molecule is CN(C)CCN(C)C(=O)Nc1ccc(F)nc1. The number of halogens is 1. The predicted octanol–water partition coefficient (Wildman–Crippen LogP) is 1.25. The van der Waals surface area contributed by atoms with E-state index in [9.17, 15) is 9.18 Å². The van der Waals surface area contributed by atoms with Crippen LogP contribution in [0.15, 0.2) is 18.3 Å². The number of urea groups is 1. The van der Waals surface area contributed by atoms with E-state index in [1.807, 2.05) is 19.0 Å². The van der Waals surface area contributed by atoms with Crippen LogP contribution in [0, 0.1) is 5.95 Å². The molecule has 0 aromatic carbocycles. The topological polar surface area (TPSA) is 48.5 Å². The van der Waals surface area contributed by atoms with Gasteiger partial charge in [-0.3, -0.25) is 0 Å². The Morgan fingerprint density at radius 2 is 2.06 bits per heavy atom. The van der Waals surface area contributed by atoms with Crippen LogP contribution in [-0.2, 0) is 0 Å². The molecule has 0 unspecified atom stereocenters. The third-order valence-electron chi connectivity index (χ3n) is 2.21. The highest BCUT2D eigenvalue weighted by atomic mass is 19.1. The number of likely N-dealkylation sites (N-methyl/N-ethyl adjacent to an activating group) is 2. The number of nitrogens with zero attached hydrogens (tertiary/aromatic N) is 3. The largest absolute Gasteiger partial charge is 0.326 e. The van der Waals surface area contributed by atoms with E-state index in [0.29, 0.717) is 12.2 Å². The Morgan fingerprint density at radius 1 is 1.35 bits per heavy atom. The van der Waals surface area contributed by atoms with Gasteiger partial charge >= 0.3 is 6.03 Å². The smallest absolute Gasteiger partial charge is 0.321 e. The summed E-state index contributed by atoms with van der Waals surface area (Å²) >= 11 is 0. The third kappa shape index (κ3) is 4.78. The van der Waals surface area contributed by atoms with Crippen molar-refractivity contribution in [1.82, 2.24) is 14.8 Å². The normalized spacial score (nSPS) is 10.4. The van der Waals surface area contributed by atoms with E-state index in [0.717, 1.165) is 6.54 Å². The first kappa shape index (κ1) is 13.4. The van der Waals surface area contributed by atoms with Crippen molar-refractivity contribution in [1.29, 1.82) is 0 Å². The summed E-state index contributed by atoms with van der Waals surface area (Å²) < 4.78 is 12.6. The van der Waals surface area contributed by atoms with Crippen LogP contribution < -0.4 is 5.32 Å². The average Bonchev–Trinajstić information content (AvgIpc) is 2.28. The first-order valence-corrected chi connectivity index (χ1v) is 5.27. The number of hydrogen-bond acceptors (Lipinski definition) is 3. The van der Waals surface area contributed by atoms with Crippen LogP contribution >= 0.6 is 0 Å². The standard InChI is InChI=1S/C11H17FN4O/c1-15(2)6-7-16(3)11(17)14-9-4-5-10(12)13-8-9/h4-5,8H,6-7H2,1-3H3,(H,14,17). The van der Waals surface area contributed by atoms with Crippen LogP contribution in [0.4, 0.5) is 14.9 Å². The second-order valence-corrected chi connectivity index (χ2v) is 4.02. The molecule has 0 bridgehead atoms. The molecule has 1 N–H and O–H groups in total. The highest BCUT2D eigenvalue weighted by Crippen LogP contribution is 2.05. The molecule has 0 saturated carbocycles. The van der Waals surface area contributed by atoms with Gasteiger partial charge in [-0.15, -0.1) is 0 Å². The van der Waals surface area contributed by atoms with E-state index in [1.165, 1.54) is 18.3 Å². The summed E-state index contributed by atoms with van der Waals surface area (Å²) in [6.45, 7) is 1.40. The number of aromatic nitrogens is 1. The number of hydrogen-bond donors (Lipinski definition) is 1. The maximum absolute atomic E-state index is 12.6. The number of nitrogens with one attached hydrogen (secondary N) is 1. The van der Waals surface area contributed by atoms with Gasteiger partial charge in [-0.25, -0.2) is 9.78 Å². The van der Waals surface area contributed by atoms with Crippen LogP contribution in [0.3, 0.4) is 0 Å². The van der Waals surface area contributed by atoms with Gasteiger partial charge < -0.3 is 15.1 Å². The molecule has 0 atom stereocenters. The molecule has 0 saturated heterocycles. The van der Waals surface area contributed by atoms with Crippen LogP contribution in [0.2, 0.25) is 0 Å². The van der Waals surface area contributed by atoms with E-state index in [2.05, 4.69) is 10.3 Å². The summed E-state index contributed by atoms with van der Waals surface area (Å²) in [6, 6.07) is 2.44. The van der Waals surface area contributed by atoms with Gasteiger partial charge in [0.15, 0.2) is 0 Å². The molecule has 1 aromatic rings. The molecular formula is C11H17FN4O. The van der Waals surface area contributed by atoms with Crippen molar-refractivity contribution in [2.75, 3.05) is 39.5 Å². The fraction of sp³-hybridized carbons (Fsp3) is 0.455. The van der Waals surface area contributed by atoms with Crippen molar-refractivity contribution < 1.29 is 9.18 Å². The Morgan fingerprint density at radius 3 is 2.59 bits per heavy atom. The number of pyridine rings is 1. The lowest BCUT2D eigenvalue weighted by Crippen LogP contribution is -2.36. The first-order valence-electron chi connectivity index (χ1n) is 5.27. The van der Waals surface area contributed by atoms with Crippen molar-refractivity contribution in [3.8, 4) is 0 Å². The molecule has 2 amide bonds. The lowest BCUT2D eigenvalue weighted by molar-refractivity contribution is 0.217. The summed E-state index contributed by atoms with van der Waals surface area (Å²) in [5, 5.41) is 2.63. The molecular weight excluding hydrogens is 223 g/mol. The molecule has 94 valence electrons. The lowest BCUT2D eigenvalue weighted by atomic mass is 10.4. The minimum absolute atomic E-state index is 0.236. The first-order chi connectivity index (χ1) is 7.99. The maximum atomic E-state index is 12.6. The molecule has 17 heavy (non-hydrogen) atoms. The zero-order valence-electron chi connectivity index (χ0n) is 10.3. The van der Waals surface area contributed by atoms with Crippen molar-refractivity contribution in [3.05, 3.63) is 24.3 Å². The number of anilines is 1. The van der Waals surface area contributed by atoms with Crippen LogP contribution in [0.1, 0.15) is 0 Å². The molecule has 1 aromatic heterocycles. The molecule has 0 aliphatic rings.